The first-order valence-electron chi connectivity index (χ1n) is 7.85. The first kappa shape index (κ1) is 15.5. The second kappa shape index (κ2) is 6.49. The summed E-state index contributed by atoms with van der Waals surface area (Å²) in [6.45, 7) is 2.21. The zero-order valence-corrected chi connectivity index (χ0v) is 14.4. The number of benzene rings is 2. The van der Waals surface area contributed by atoms with E-state index in [1.807, 2.05) is 54.6 Å². The number of aromatic nitrogens is 2. The summed E-state index contributed by atoms with van der Waals surface area (Å²) >= 11 is 1.49. The zero-order valence-electron chi connectivity index (χ0n) is 13.5. The fourth-order valence-corrected chi connectivity index (χ4v) is 3.53. The van der Waals surface area contributed by atoms with Crippen molar-refractivity contribution in [2.75, 3.05) is 4.90 Å². The van der Waals surface area contributed by atoms with Crippen molar-refractivity contribution in [3.05, 3.63) is 77.7 Å². The molecule has 1 amide bonds. The van der Waals surface area contributed by atoms with Gasteiger partial charge < -0.3 is 4.52 Å². The van der Waals surface area contributed by atoms with Gasteiger partial charge in [0.1, 0.15) is 0 Å². The Labute approximate surface area is 148 Å². The lowest BCUT2D eigenvalue weighted by Gasteiger charge is -2.18. The van der Waals surface area contributed by atoms with Gasteiger partial charge in [-0.1, -0.05) is 59.0 Å². The van der Waals surface area contributed by atoms with E-state index in [9.17, 15) is 4.79 Å². The molecule has 4 aromatic rings. The highest BCUT2D eigenvalue weighted by Crippen LogP contribution is 2.30. The van der Waals surface area contributed by atoms with Gasteiger partial charge in [-0.25, -0.2) is 4.98 Å². The van der Waals surface area contributed by atoms with Crippen LogP contribution in [0.2, 0.25) is 0 Å². The molecular weight excluding hydrogens is 334 g/mol. The van der Waals surface area contributed by atoms with E-state index in [-0.39, 0.29) is 11.7 Å². The van der Waals surface area contributed by atoms with E-state index >= 15 is 0 Å². The highest BCUT2D eigenvalue weighted by molar-refractivity contribution is 7.22. The number of anilines is 1. The van der Waals surface area contributed by atoms with Gasteiger partial charge in [0.05, 0.1) is 22.5 Å². The van der Waals surface area contributed by atoms with Crippen molar-refractivity contribution in [1.29, 1.82) is 0 Å². The fraction of sp³-hybridized carbons (Fsp3) is 0.105. The third-order valence-corrected chi connectivity index (χ3v) is 4.84. The Balaban J connectivity index is 1.75. The van der Waals surface area contributed by atoms with E-state index in [0.29, 0.717) is 17.4 Å². The standard InChI is InChI=1S/C19H15N3O2S/c1-13-11-16(24-21-13)18(23)22(12-14-7-3-2-4-8-14)19-20-15-9-5-6-10-17(15)25-19/h2-11H,12H2,1H3. The average molecular weight is 349 g/mol. The molecule has 6 heteroatoms. The van der Waals surface area contributed by atoms with E-state index in [2.05, 4.69) is 10.1 Å². The fourth-order valence-electron chi connectivity index (χ4n) is 2.57. The molecule has 0 bridgehead atoms. The third-order valence-electron chi connectivity index (χ3n) is 3.78. The summed E-state index contributed by atoms with van der Waals surface area (Å²) in [6, 6.07) is 19.3. The number of hydrogen-bond donors (Lipinski definition) is 0. The number of nitrogens with zero attached hydrogens (tertiary/aromatic N) is 3. The highest BCUT2D eigenvalue weighted by atomic mass is 32.1. The number of carbonyl (C=O) groups excluding carboxylic acids is 1. The van der Waals surface area contributed by atoms with Gasteiger partial charge in [0.25, 0.3) is 5.91 Å². The number of fused-ring (bicyclic) bond motifs is 1. The third kappa shape index (κ3) is 3.16. The minimum Gasteiger partial charge on any atom is -0.351 e. The van der Waals surface area contributed by atoms with Gasteiger partial charge in [0.15, 0.2) is 5.13 Å². The SMILES string of the molecule is Cc1cc(C(=O)N(Cc2ccccc2)c2nc3ccccc3s2)on1. The van der Waals surface area contributed by atoms with Gasteiger partial charge in [0.2, 0.25) is 5.76 Å². The number of hydrogen-bond acceptors (Lipinski definition) is 5. The van der Waals surface area contributed by atoms with Crippen LogP contribution in [-0.4, -0.2) is 16.0 Å². The van der Waals surface area contributed by atoms with Crippen LogP contribution in [0.15, 0.2) is 65.2 Å². The number of amides is 1. The van der Waals surface area contributed by atoms with Crippen molar-refractivity contribution in [1.82, 2.24) is 10.1 Å². The largest absolute Gasteiger partial charge is 0.351 e. The van der Waals surface area contributed by atoms with Crippen molar-refractivity contribution >= 4 is 32.6 Å². The first-order chi connectivity index (χ1) is 12.2. The predicted molar refractivity (Wildman–Crippen MR) is 97.8 cm³/mol. The minimum atomic E-state index is -0.247. The Morgan fingerprint density at radius 3 is 2.60 bits per heavy atom. The molecule has 0 saturated heterocycles. The molecule has 0 aliphatic heterocycles. The van der Waals surface area contributed by atoms with E-state index < -0.39 is 0 Å². The minimum absolute atomic E-state index is 0.215. The van der Waals surface area contributed by atoms with E-state index in [1.165, 1.54) is 11.3 Å². The molecule has 0 fully saturated rings. The second-order valence-corrected chi connectivity index (χ2v) is 6.68. The Kier molecular flexibility index (Phi) is 4.03. The summed E-state index contributed by atoms with van der Waals surface area (Å²) in [5.41, 5.74) is 2.57. The van der Waals surface area contributed by atoms with E-state index in [1.54, 1.807) is 17.9 Å². The van der Waals surface area contributed by atoms with Crippen LogP contribution in [0.1, 0.15) is 21.8 Å². The topological polar surface area (TPSA) is 59.2 Å². The quantitative estimate of drug-likeness (QED) is 0.546. The molecule has 25 heavy (non-hydrogen) atoms. The van der Waals surface area contributed by atoms with Crippen LogP contribution in [0.5, 0.6) is 0 Å². The Hall–Kier alpha value is -2.99. The molecule has 4 rings (SSSR count). The molecule has 2 heterocycles. The molecular formula is C19H15N3O2S. The molecule has 0 atom stereocenters. The first-order valence-corrected chi connectivity index (χ1v) is 8.67. The van der Waals surface area contributed by atoms with Crippen molar-refractivity contribution in [3.63, 3.8) is 0 Å². The normalized spacial score (nSPS) is 10.9. The number of carbonyl (C=O) groups is 1. The van der Waals surface area contributed by atoms with Crippen LogP contribution in [0.3, 0.4) is 0 Å². The monoisotopic (exact) mass is 349 g/mol. The van der Waals surface area contributed by atoms with Crippen LogP contribution in [0.25, 0.3) is 10.2 Å². The molecule has 0 saturated carbocycles. The molecule has 0 N–H and O–H groups in total. The van der Waals surface area contributed by atoms with Crippen LogP contribution >= 0.6 is 11.3 Å². The average Bonchev–Trinajstić information content (AvgIpc) is 3.26. The number of para-hydroxylation sites is 1. The maximum atomic E-state index is 13.0. The lowest BCUT2D eigenvalue weighted by atomic mass is 10.2. The van der Waals surface area contributed by atoms with Gasteiger partial charge >= 0.3 is 0 Å². The van der Waals surface area contributed by atoms with Gasteiger partial charge in [0, 0.05) is 6.07 Å². The van der Waals surface area contributed by atoms with Crippen molar-refractivity contribution in [2.45, 2.75) is 13.5 Å². The highest BCUT2D eigenvalue weighted by Gasteiger charge is 2.24. The molecule has 0 aliphatic carbocycles. The maximum Gasteiger partial charge on any atom is 0.298 e. The van der Waals surface area contributed by atoms with Crippen LogP contribution in [0, 0.1) is 6.92 Å². The van der Waals surface area contributed by atoms with E-state index in [4.69, 9.17) is 4.52 Å². The van der Waals surface area contributed by atoms with Crippen LogP contribution in [-0.2, 0) is 6.54 Å². The molecule has 124 valence electrons. The molecule has 0 unspecified atom stereocenters. The Bertz CT molecular complexity index is 990. The number of rotatable bonds is 4. The van der Waals surface area contributed by atoms with Crippen molar-refractivity contribution < 1.29 is 9.32 Å². The van der Waals surface area contributed by atoms with E-state index in [0.717, 1.165) is 15.8 Å². The lowest BCUT2D eigenvalue weighted by molar-refractivity contribution is 0.0949. The molecule has 2 aromatic heterocycles. The Morgan fingerprint density at radius 2 is 1.88 bits per heavy atom. The molecule has 5 nitrogen and oxygen atoms in total. The van der Waals surface area contributed by atoms with Crippen LogP contribution in [0.4, 0.5) is 5.13 Å². The number of aryl methyl sites for hydroxylation is 1. The zero-order chi connectivity index (χ0) is 17.2. The predicted octanol–water partition coefficient (Wildman–Crippen LogP) is 4.44. The molecule has 2 aromatic carbocycles. The second-order valence-electron chi connectivity index (χ2n) is 5.67. The lowest BCUT2D eigenvalue weighted by Crippen LogP contribution is -2.30. The van der Waals surface area contributed by atoms with Gasteiger partial charge in [-0.2, -0.15) is 0 Å². The number of thiazole rings is 1. The maximum absolute atomic E-state index is 13.0. The van der Waals surface area contributed by atoms with Crippen molar-refractivity contribution in [2.24, 2.45) is 0 Å². The molecule has 0 radical (unpaired) electrons. The van der Waals surface area contributed by atoms with Crippen LogP contribution < -0.4 is 4.90 Å². The molecule has 0 aliphatic rings. The van der Waals surface area contributed by atoms with Crippen molar-refractivity contribution in [3.8, 4) is 0 Å². The van der Waals surface area contributed by atoms with Gasteiger partial charge in [-0.3, -0.25) is 9.69 Å². The summed E-state index contributed by atoms with van der Waals surface area (Å²) in [6.07, 6.45) is 0. The summed E-state index contributed by atoms with van der Waals surface area (Å²) in [5.74, 6) is -0.0313. The smallest absolute Gasteiger partial charge is 0.298 e. The summed E-state index contributed by atoms with van der Waals surface area (Å²) in [7, 11) is 0. The summed E-state index contributed by atoms with van der Waals surface area (Å²) in [5, 5.41) is 4.47. The van der Waals surface area contributed by atoms with Gasteiger partial charge in [-0.15, -0.1) is 0 Å². The summed E-state index contributed by atoms with van der Waals surface area (Å²) < 4.78 is 6.21. The van der Waals surface area contributed by atoms with Gasteiger partial charge in [-0.05, 0) is 24.6 Å². The molecule has 0 spiro atoms. The Morgan fingerprint density at radius 1 is 1.12 bits per heavy atom. The summed E-state index contributed by atoms with van der Waals surface area (Å²) in [4.78, 5) is 19.3.